The lowest BCUT2D eigenvalue weighted by molar-refractivity contribution is -0.167. The normalized spacial score (nSPS) is 12.2. The smallest absolute Gasteiger partial charge is 0.306 e. The molecule has 0 aromatic rings. The molecule has 0 aromatic heterocycles. The fourth-order valence-corrected chi connectivity index (χ4v) is 8.69. The maximum atomic E-state index is 12.9. The van der Waals surface area contributed by atoms with E-state index in [0.717, 1.165) is 83.5 Å². The van der Waals surface area contributed by atoms with Gasteiger partial charge in [0.1, 0.15) is 13.2 Å². The summed E-state index contributed by atoms with van der Waals surface area (Å²) in [5, 5.41) is 0. The Bertz CT molecular complexity index is 1130. The quantitative estimate of drug-likeness (QED) is 0.0262. The molecule has 0 bridgehead atoms. The van der Waals surface area contributed by atoms with E-state index in [-0.39, 0.29) is 31.1 Å². The molecule has 0 unspecified atom stereocenters. The highest BCUT2D eigenvalue weighted by molar-refractivity contribution is 5.71. The molecule has 0 spiro atoms. The number of hydrogen-bond acceptors (Lipinski definition) is 6. The van der Waals surface area contributed by atoms with Crippen molar-refractivity contribution < 1.29 is 28.6 Å². The second-order valence-electron chi connectivity index (χ2n) is 19.9. The molecule has 0 amide bonds. The highest BCUT2D eigenvalue weighted by atomic mass is 16.6. The summed E-state index contributed by atoms with van der Waals surface area (Å²) in [7, 11) is 0. The van der Waals surface area contributed by atoms with Gasteiger partial charge in [-0.2, -0.15) is 0 Å². The Hall–Kier alpha value is -2.37. The highest BCUT2D eigenvalue weighted by Crippen LogP contribution is 2.17. The van der Waals surface area contributed by atoms with Crippen LogP contribution in [-0.4, -0.2) is 37.2 Å². The minimum absolute atomic E-state index is 0.0764. The standard InChI is InChI=1S/C61H112O6/c1-4-7-10-13-16-19-22-25-28-30-32-33-36-39-42-45-48-51-54-60(63)66-57-58(56-65-59(62)53-50-47-44-41-38-35-27-24-21-18-15-12-9-6-3)67-61(64)55-52-49-46-43-40-37-34-31-29-26-23-20-17-14-11-8-5-2/h17,20,26,29,34,37,58H,4-16,18-19,21-25,27-28,30-33,35-36,38-57H2,1-3H3/b20-17+,29-26+,37-34+/t58-/m1/s1. The van der Waals surface area contributed by atoms with Crippen molar-refractivity contribution in [2.45, 2.75) is 322 Å². The van der Waals surface area contributed by atoms with Crippen LogP contribution in [0.3, 0.4) is 0 Å². The first kappa shape index (κ1) is 64.6. The molecule has 0 radical (unpaired) electrons. The summed E-state index contributed by atoms with van der Waals surface area (Å²) in [4.78, 5) is 38.2. The van der Waals surface area contributed by atoms with E-state index in [4.69, 9.17) is 14.2 Å². The highest BCUT2D eigenvalue weighted by Gasteiger charge is 2.19. The lowest BCUT2D eigenvalue weighted by Crippen LogP contribution is -2.30. The molecule has 0 saturated heterocycles. The van der Waals surface area contributed by atoms with Gasteiger partial charge in [-0.1, -0.05) is 276 Å². The number of carbonyl (C=O) groups is 3. The van der Waals surface area contributed by atoms with Crippen LogP contribution in [0.2, 0.25) is 0 Å². The van der Waals surface area contributed by atoms with Gasteiger partial charge in [-0.25, -0.2) is 0 Å². The van der Waals surface area contributed by atoms with Gasteiger partial charge in [-0.05, 0) is 57.8 Å². The van der Waals surface area contributed by atoms with Crippen molar-refractivity contribution in [3.05, 3.63) is 36.5 Å². The van der Waals surface area contributed by atoms with Gasteiger partial charge in [0, 0.05) is 19.3 Å². The van der Waals surface area contributed by atoms with Gasteiger partial charge in [0.05, 0.1) is 0 Å². The van der Waals surface area contributed by atoms with Crippen LogP contribution in [0.4, 0.5) is 0 Å². The predicted molar refractivity (Wildman–Crippen MR) is 289 cm³/mol. The van der Waals surface area contributed by atoms with Crippen molar-refractivity contribution in [1.82, 2.24) is 0 Å². The fourth-order valence-electron chi connectivity index (χ4n) is 8.69. The van der Waals surface area contributed by atoms with Crippen molar-refractivity contribution >= 4 is 17.9 Å². The van der Waals surface area contributed by atoms with Gasteiger partial charge >= 0.3 is 17.9 Å². The van der Waals surface area contributed by atoms with Gasteiger partial charge in [-0.15, -0.1) is 0 Å². The van der Waals surface area contributed by atoms with Crippen LogP contribution < -0.4 is 0 Å². The van der Waals surface area contributed by atoms with Crippen LogP contribution in [0, 0.1) is 0 Å². The van der Waals surface area contributed by atoms with Gasteiger partial charge in [0.25, 0.3) is 0 Å². The van der Waals surface area contributed by atoms with Crippen LogP contribution in [0.5, 0.6) is 0 Å². The second kappa shape index (κ2) is 56.2. The van der Waals surface area contributed by atoms with Gasteiger partial charge in [0.2, 0.25) is 0 Å². The summed E-state index contributed by atoms with van der Waals surface area (Å²) in [6.45, 7) is 6.64. The third kappa shape index (κ3) is 54.4. The molecule has 0 aliphatic rings. The van der Waals surface area contributed by atoms with E-state index in [2.05, 4.69) is 57.2 Å². The summed E-state index contributed by atoms with van der Waals surface area (Å²) in [6.07, 6.45) is 67.0. The summed E-state index contributed by atoms with van der Waals surface area (Å²) < 4.78 is 16.9. The number of carbonyl (C=O) groups excluding carboxylic acids is 3. The van der Waals surface area contributed by atoms with Gasteiger partial charge in [0.15, 0.2) is 6.10 Å². The molecule has 0 fully saturated rings. The molecule has 0 N–H and O–H groups in total. The Kier molecular flexibility index (Phi) is 54.2. The molecule has 6 heteroatoms. The van der Waals surface area contributed by atoms with Gasteiger partial charge < -0.3 is 14.2 Å². The monoisotopic (exact) mass is 941 g/mol. The average Bonchev–Trinajstić information content (AvgIpc) is 3.33. The molecule has 0 rings (SSSR count). The van der Waals surface area contributed by atoms with Crippen LogP contribution in [0.15, 0.2) is 36.5 Å². The zero-order chi connectivity index (χ0) is 48.6. The molecule has 392 valence electrons. The van der Waals surface area contributed by atoms with Gasteiger partial charge in [-0.3, -0.25) is 14.4 Å². The average molecular weight is 942 g/mol. The number of esters is 3. The van der Waals surface area contributed by atoms with Crippen molar-refractivity contribution in [1.29, 1.82) is 0 Å². The first-order valence-electron chi connectivity index (χ1n) is 29.5. The van der Waals surface area contributed by atoms with E-state index in [0.29, 0.717) is 19.3 Å². The Labute approximate surface area is 416 Å². The van der Waals surface area contributed by atoms with Crippen molar-refractivity contribution in [3.63, 3.8) is 0 Å². The van der Waals surface area contributed by atoms with Crippen LogP contribution >= 0.6 is 0 Å². The molecule has 0 aliphatic heterocycles. The molecule has 0 aromatic carbocycles. The molecular weight excluding hydrogens is 829 g/mol. The number of ether oxygens (including phenoxy) is 3. The maximum Gasteiger partial charge on any atom is 0.306 e. The fraction of sp³-hybridized carbons (Fsp3) is 0.852. The summed E-state index contributed by atoms with van der Waals surface area (Å²) in [5.74, 6) is -0.878. The third-order valence-corrected chi connectivity index (χ3v) is 13.1. The number of allylic oxidation sites excluding steroid dienone is 6. The second-order valence-corrected chi connectivity index (χ2v) is 19.9. The first-order valence-corrected chi connectivity index (χ1v) is 29.5. The zero-order valence-electron chi connectivity index (χ0n) is 44.9. The Morgan fingerprint density at radius 2 is 0.537 bits per heavy atom. The Morgan fingerprint density at radius 1 is 0.299 bits per heavy atom. The van der Waals surface area contributed by atoms with E-state index in [1.807, 2.05) is 0 Å². The van der Waals surface area contributed by atoms with Crippen molar-refractivity contribution in [2.24, 2.45) is 0 Å². The van der Waals surface area contributed by atoms with E-state index in [1.54, 1.807) is 0 Å². The van der Waals surface area contributed by atoms with Crippen molar-refractivity contribution in [2.75, 3.05) is 13.2 Å². The topological polar surface area (TPSA) is 78.9 Å². The summed E-state index contributed by atoms with van der Waals surface area (Å²) in [5.41, 5.74) is 0. The van der Waals surface area contributed by atoms with Crippen LogP contribution in [0.1, 0.15) is 316 Å². The lowest BCUT2D eigenvalue weighted by atomic mass is 10.0. The first-order chi connectivity index (χ1) is 33.0. The van der Waals surface area contributed by atoms with E-state index >= 15 is 0 Å². The Morgan fingerprint density at radius 3 is 0.866 bits per heavy atom. The van der Waals surface area contributed by atoms with E-state index in [9.17, 15) is 14.4 Å². The van der Waals surface area contributed by atoms with E-state index < -0.39 is 6.10 Å². The van der Waals surface area contributed by atoms with Crippen LogP contribution in [-0.2, 0) is 28.6 Å². The predicted octanol–water partition coefficient (Wildman–Crippen LogP) is 19.7. The molecular formula is C61H112O6. The minimum atomic E-state index is -0.780. The number of rotatable bonds is 54. The van der Waals surface area contributed by atoms with Crippen molar-refractivity contribution in [3.8, 4) is 0 Å². The Balaban J connectivity index is 4.36. The minimum Gasteiger partial charge on any atom is -0.462 e. The van der Waals surface area contributed by atoms with Crippen LogP contribution in [0.25, 0.3) is 0 Å². The molecule has 6 nitrogen and oxygen atoms in total. The zero-order valence-corrected chi connectivity index (χ0v) is 44.9. The maximum absolute atomic E-state index is 12.9. The molecule has 0 aliphatic carbocycles. The molecule has 0 saturated carbocycles. The molecule has 0 heterocycles. The SMILES string of the molecule is CCCCC/C=C/C/C=C/C/C=C/CCCCCCC(=O)O[C@H](COC(=O)CCCCCCCCCCCCCCCC)COC(=O)CCCCCCCCCCCCCCCCCCCC. The third-order valence-electron chi connectivity index (χ3n) is 13.1. The largest absolute Gasteiger partial charge is 0.462 e. The number of unbranched alkanes of at least 4 members (excludes halogenated alkanes) is 37. The lowest BCUT2D eigenvalue weighted by Gasteiger charge is -2.18. The molecule has 67 heavy (non-hydrogen) atoms. The summed E-state index contributed by atoms with van der Waals surface area (Å²) >= 11 is 0. The van der Waals surface area contributed by atoms with E-state index in [1.165, 1.54) is 193 Å². The summed E-state index contributed by atoms with van der Waals surface area (Å²) in [6, 6.07) is 0. The molecule has 1 atom stereocenters. The number of hydrogen-bond donors (Lipinski definition) is 0.